The third-order valence-electron chi connectivity index (χ3n) is 2.46. The van der Waals surface area contributed by atoms with E-state index < -0.39 is 21.7 Å². The maximum Gasteiger partial charge on any atom is 0.277 e. The lowest BCUT2D eigenvalue weighted by molar-refractivity contribution is 0.102. The minimum Gasteiger partial charge on any atom is -0.319 e. The molecule has 0 aliphatic rings. The van der Waals surface area contributed by atoms with Crippen LogP contribution in [0, 0.1) is 5.82 Å². The maximum atomic E-state index is 13.0. The van der Waals surface area contributed by atoms with Crippen molar-refractivity contribution >= 4 is 65.1 Å². The number of hydrogen-bond acceptors (Lipinski definition) is 4. The van der Waals surface area contributed by atoms with Crippen LogP contribution < -0.4 is 5.32 Å². The van der Waals surface area contributed by atoms with E-state index >= 15 is 0 Å². The second kappa shape index (κ2) is 6.26. The van der Waals surface area contributed by atoms with Crippen LogP contribution in [0.2, 0.25) is 5.02 Å². The van der Waals surface area contributed by atoms with Crippen molar-refractivity contribution in [3.8, 4) is 0 Å². The second-order valence-electron chi connectivity index (χ2n) is 4.14. The van der Waals surface area contributed by atoms with Gasteiger partial charge in [0.2, 0.25) is 0 Å². The molecule has 6 nitrogen and oxygen atoms in total. The number of aromatic nitrogens is 2. The molecule has 0 aliphatic carbocycles. The third-order valence-corrected chi connectivity index (χ3v) is 5.91. The summed E-state index contributed by atoms with van der Waals surface area (Å²) < 4.78 is 37.0. The molecule has 2 aromatic rings. The summed E-state index contributed by atoms with van der Waals surface area (Å²) in [5.74, 6) is -1.25. The predicted octanol–water partition coefficient (Wildman–Crippen LogP) is 3.26. The van der Waals surface area contributed by atoms with Crippen molar-refractivity contribution in [2.24, 2.45) is 0 Å². The van der Waals surface area contributed by atoms with Crippen molar-refractivity contribution < 1.29 is 17.6 Å². The van der Waals surface area contributed by atoms with Gasteiger partial charge in [0.1, 0.15) is 10.4 Å². The summed E-state index contributed by atoms with van der Waals surface area (Å²) in [6, 6.07) is 3.45. The summed E-state index contributed by atoms with van der Waals surface area (Å²) in [6.07, 6.45) is 0.940. The van der Waals surface area contributed by atoms with Crippen molar-refractivity contribution in [3.63, 3.8) is 0 Å². The lowest BCUT2D eigenvalue weighted by Gasteiger charge is -2.05. The Bertz CT molecular complexity index is 870. The zero-order valence-corrected chi connectivity index (χ0v) is 15.5. The average molecular weight is 476 g/mol. The molecule has 0 spiro atoms. The Kier molecular flexibility index (Phi) is 4.95. The Morgan fingerprint density at radius 2 is 2.05 bits per heavy atom. The van der Waals surface area contributed by atoms with Gasteiger partial charge in [0.15, 0.2) is 5.69 Å². The fourth-order valence-electron chi connectivity index (χ4n) is 1.50. The molecular weight excluding hydrogens is 468 g/mol. The van der Waals surface area contributed by atoms with Gasteiger partial charge in [-0.15, -0.1) is 4.09 Å². The van der Waals surface area contributed by atoms with Gasteiger partial charge < -0.3 is 5.32 Å². The predicted molar refractivity (Wildman–Crippen MR) is 87.2 cm³/mol. The minimum absolute atomic E-state index is 0.00563. The van der Waals surface area contributed by atoms with Gasteiger partial charge in [-0.2, -0.15) is 5.10 Å². The largest absolute Gasteiger partial charge is 0.319 e. The summed E-state index contributed by atoms with van der Waals surface area (Å²) in [7, 11) is -3.68. The first-order chi connectivity index (χ1) is 10.1. The van der Waals surface area contributed by atoms with E-state index in [1.807, 2.05) is 0 Å². The molecule has 1 aromatic heterocycles. The number of rotatable bonds is 3. The molecule has 0 atom stereocenters. The highest BCUT2D eigenvalue weighted by atomic mass is 79.9. The molecule has 1 heterocycles. The van der Waals surface area contributed by atoms with Gasteiger partial charge in [-0.25, -0.2) is 12.8 Å². The van der Waals surface area contributed by atoms with Crippen LogP contribution in [0.25, 0.3) is 0 Å². The van der Waals surface area contributed by atoms with Gasteiger partial charge in [-0.3, -0.25) is 4.79 Å². The molecule has 2 rings (SSSR count). The van der Waals surface area contributed by atoms with Gasteiger partial charge in [-0.1, -0.05) is 11.6 Å². The number of benzene rings is 1. The molecule has 0 saturated heterocycles. The fourth-order valence-corrected chi connectivity index (χ4v) is 3.93. The molecule has 0 fully saturated rings. The topological polar surface area (TPSA) is 81.1 Å². The monoisotopic (exact) mass is 473 g/mol. The zero-order chi connectivity index (χ0) is 16.7. The molecule has 1 amide bonds. The first-order valence-electron chi connectivity index (χ1n) is 5.52. The van der Waals surface area contributed by atoms with Crippen LogP contribution in [-0.2, 0) is 10.0 Å². The summed E-state index contributed by atoms with van der Waals surface area (Å²) in [4.78, 5) is 12.2. The van der Waals surface area contributed by atoms with Crippen molar-refractivity contribution in [1.29, 1.82) is 0 Å². The molecule has 118 valence electrons. The number of hydrogen-bond donors (Lipinski definition) is 1. The molecule has 0 saturated carbocycles. The van der Waals surface area contributed by atoms with E-state index in [0.717, 1.165) is 18.4 Å². The Hall–Kier alpha value is -0.970. The number of amides is 1. The molecule has 1 N–H and O–H groups in total. The number of halogens is 4. The molecule has 11 heteroatoms. The highest BCUT2D eigenvalue weighted by Crippen LogP contribution is 2.29. The van der Waals surface area contributed by atoms with Crippen molar-refractivity contribution in [2.75, 3.05) is 11.6 Å². The molecular formula is C11H7Br2ClFN3O3S. The van der Waals surface area contributed by atoms with Crippen molar-refractivity contribution in [2.45, 2.75) is 0 Å². The van der Waals surface area contributed by atoms with Crippen LogP contribution >= 0.6 is 43.5 Å². The Labute approximate surface area is 147 Å². The summed E-state index contributed by atoms with van der Waals surface area (Å²) in [5, 5.41) is 6.16. The summed E-state index contributed by atoms with van der Waals surface area (Å²) in [5.41, 5.74) is 0.00249. The second-order valence-corrected chi connectivity index (χ2v) is 7.90. The smallest absolute Gasteiger partial charge is 0.277 e. The molecule has 0 unspecified atom stereocenters. The van der Waals surface area contributed by atoms with E-state index in [1.54, 1.807) is 0 Å². The summed E-state index contributed by atoms with van der Waals surface area (Å²) >= 11 is 11.9. The van der Waals surface area contributed by atoms with E-state index in [2.05, 4.69) is 42.3 Å². The van der Waals surface area contributed by atoms with Gasteiger partial charge in [0.25, 0.3) is 15.9 Å². The number of carbonyl (C=O) groups excluding carboxylic acids is 1. The molecule has 0 bridgehead atoms. The van der Waals surface area contributed by atoms with Crippen LogP contribution in [-0.4, -0.2) is 29.8 Å². The lowest BCUT2D eigenvalue weighted by atomic mass is 10.3. The first-order valence-corrected chi connectivity index (χ1v) is 9.33. The van der Waals surface area contributed by atoms with Crippen LogP contribution in [0.1, 0.15) is 10.5 Å². The minimum atomic E-state index is -3.68. The van der Waals surface area contributed by atoms with Gasteiger partial charge in [0.05, 0.1) is 21.4 Å². The highest BCUT2D eigenvalue weighted by Gasteiger charge is 2.24. The quantitative estimate of drug-likeness (QED) is 0.739. The number of anilines is 1. The van der Waals surface area contributed by atoms with Crippen molar-refractivity contribution in [3.05, 3.63) is 43.8 Å². The maximum absolute atomic E-state index is 13.0. The van der Waals surface area contributed by atoms with Crippen LogP contribution in [0.3, 0.4) is 0 Å². The number of nitrogens with zero attached hydrogens (tertiary/aromatic N) is 2. The molecule has 0 radical (unpaired) electrons. The lowest BCUT2D eigenvalue weighted by Crippen LogP contribution is -2.16. The Morgan fingerprint density at radius 1 is 1.41 bits per heavy atom. The van der Waals surface area contributed by atoms with E-state index in [9.17, 15) is 17.6 Å². The highest BCUT2D eigenvalue weighted by molar-refractivity contribution is 9.13. The van der Waals surface area contributed by atoms with Crippen molar-refractivity contribution in [1.82, 2.24) is 9.19 Å². The van der Waals surface area contributed by atoms with Gasteiger partial charge in [0, 0.05) is 0 Å². The standard InChI is InChI=1S/C11H7Br2ClFN3O3S/c1-22(20,21)18-10(13)8(12)9(17-18)11(19)16-7-3-2-5(15)4-6(7)14/h2-4H,1H3,(H,16,19). The summed E-state index contributed by atoms with van der Waals surface area (Å²) in [6.45, 7) is 0. The average Bonchev–Trinajstić information content (AvgIpc) is 2.69. The molecule has 1 aromatic carbocycles. The van der Waals surface area contributed by atoms with Gasteiger partial charge in [-0.05, 0) is 50.1 Å². The van der Waals surface area contributed by atoms with Crippen LogP contribution in [0.5, 0.6) is 0 Å². The molecule has 0 aliphatic heterocycles. The normalized spacial score (nSPS) is 11.5. The van der Waals surface area contributed by atoms with E-state index in [-0.39, 0.29) is 25.5 Å². The third kappa shape index (κ3) is 3.50. The Morgan fingerprint density at radius 3 is 2.55 bits per heavy atom. The number of nitrogens with one attached hydrogen (secondary N) is 1. The van der Waals surface area contributed by atoms with E-state index in [0.29, 0.717) is 4.09 Å². The number of carbonyl (C=O) groups is 1. The van der Waals surface area contributed by atoms with Crippen LogP contribution in [0.4, 0.5) is 10.1 Å². The molecule has 22 heavy (non-hydrogen) atoms. The first kappa shape index (κ1) is 17.4. The SMILES string of the molecule is CS(=O)(=O)n1nc(C(=O)Nc2ccc(F)cc2Cl)c(Br)c1Br. The fraction of sp³-hybridized carbons (Fsp3) is 0.0909. The Balaban J connectivity index is 2.38. The van der Waals surface area contributed by atoms with E-state index in [4.69, 9.17) is 11.6 Å². The van der Waals surface area contributed by atoms with Gasteiger partial charge >= 0.3 is 0 Å². The zero-order valence-electron chi connectivity index (χ0n) is 10.8. The van der Waals surface area contributed by atoms with Crippen LogP contribution in [0.15, 0.2) is 27.3 Å². The van der Waals surface area contributed by atoms with E-state index in [1.165, 1.54) is 6.07 Å².